The molecule has 4 aliphatic rings. The van der Waals surface area contributed by atoms with Crippen LogP contribution >= 0.6 is 0 Å². The molecule has 4 nitrogen and oxygen atoms in total. The van der Waals surface area contributed by atoms with Crippen LogP contribution in [0.3, 0.4) is 0 Å². The molecule has 0 aliphatic heterocycles. The summed E-state index contributed by atoms with van der Waals surface area (Å²) in [5, 5.41) is 11.7. The minimum Gasteiger partial charge on any atom is -0.423 e. The van der Waals surface area contributed by atoms with Gasteiger partial charge in [0.25, 0.3) is 0 Å². The molecule has 0 radical (unpaired) electrons. The smallest absolute Gasteiger partial charge is 0.230 e. The van der Waals surface area contributed by atoms with E-state index in [-0.39, 0.29) is 5.41 Å². The Hall–Kier alpha value is -0.900. The summed E-state index contributed by atoms with van der Waals surface area (Å²) in [5.41, 5.74) is 1.15. The van der Waals surface area contributed by atoms with E-state index in [0.29, 0.717) is 17.4 Å². The molecule has 1 N–H and O–H groups in total. The monoisotopic (exact) mass is 275 g/mol. The summed E-state index contributed by atoms with van der Waals surface area (Å²) in [6.45, 7) is 5.63. The van der Waals surface area contributed by atoms with Crippen molar-refractivity contribution in [3.05, 3.63) is 11.8 Å². The van der Waals surface area contributed by atoms with E-state index in [1.165, 1.54) is 38.5 Å². The highest BCUT2D eigenvalue weighted by Gasteiger charge is 2.62. The average Bonchev–Trinajstić information content (AvgIpc) is 2.73. The average molecular weight is 275 g/mol. The van der Waals surface area contributed by atoms with Crippen molar-refractivity contribution in [1.82, 2.24) is 15.5 Å². The van der Waals surface area contributed by atoms with E-state index in [1.54, 1.807) is 0 Å². The van der Waals surface area contributed by atoms with E-state index < -0.39 is 0 Å². The van der Waals surface area contributed by atoms with Crippen LogP contribution in [0.5, 0.6) is 0 Å². The summed E-state index contributed by atoms with van der Waals surface area (Å²) in [7, 11) is 1.91. The van der Waals surface area contributed by atoms with Gasteiger partial charge in [-0.05, 0) is 62.3 Å². The lowest BCUT2D eigenvalue weighted by Gasteiger charge is -2.64. The summed E-state index contributed by atoms with van der Waals surface area (Å²) in [6, 6.07) is 0. The van der Waals surface area contributed by atoms with Gasteiger partial charge in [-0.15, -0.1) is 10.2 Å². The van der Waals surface area contributed by atoms with E-state index in [4.69, 9.17) is 4.42 Å². The number of hydrogen-bond donors (Lipinski definition) is 1. The molecule has 2 unspecified atom stereocenters. The van der Waals surface area contributed by atoms with Gasteiger partial charge >= 0.3 is 0 Å². The van der Waals surface area contributed by atoms with Gasteiger partial charge in [0, 0.05) is 5.41 Å². The predicted octanol–water partition coefficient (Wildman–Crippen LogP) is 3.04. The van der Waals surface area contributed by atoms with E-state index in [0.717, 1.165) is 17.7 Å². The third-order valence-corrected chi connectivity index (χ3v) is 5.87. The topological polar surface area (TPSA) is 51.0 Å². The molecule has 4 fully saturated rings. The molecule has 110 valence electrons. The van der Waals surface area contributed by atoms with Crippen LogP contribution in [0.25, 0.3) is 0 Å². The normalized spacial score (nSPS) is 46.0. The fourth-order valence-corrected chi connectivity index (χ4v) is 6.38. The second-order valence-electron chi connectivity index (χ2n) is 8.44. The maximum absolute atomic E-state index is 6.01. The Labute approximate surface area is 120 Å². The lowest BCUT2D eigenvalue weighted by atomic mass is 9.40. The third-order valence-electron chi connectivity index (χ3n) is 5.87. The maximum atomic E-state index is 6.01. The standard InChI is InChI=1S/C16H25N3O/c1-14-4-11-5-15(2,8-14)10-16(6-11,9-14)13-19-18-12(20-13)7-17-3/h11,17H,4-10H2,1-3H3. The van der Waals surface area contributed by atoms with Crippen molar-refractivity contribution in [2.45, 2.75) is 64.3 Å². The Balaban J connectivity index is 1.72. The van der Waals surface area contributed by atoms with Crippen molar-refractivity contribution in [2.75, 3.05) is 7.05 Å². The molecule has 0 saturated heterocycles. The third kappa shape index (κ3) is 1.77. The second-order valence-corrected chi connectivity index (χ2v) is 8.44. The quantitative estimate of drug-likeness (QED) is 0.921. The fourth-order valence-electron chi connectivity index (χ4n) is 6.38. The number of aromatic nitrogens is 2. The van der Waals surface area contributed by atoms with Gasteiger partial charge in [0.2, 0.25) is 11.8 Å². The minimum absolute atomic E-state index is 0.169. The Bertz CT molecular complexity index is 520. The zero-order chi connectivity index (χ0) is 14.0. The number of nitrogens with one attached hydrogen (secondary N) is 1. The van der Waals surface area contributed by atoms with Crippen LogP contribution in [0.2, 0.25) is 0 Å². The second kappa shape index (κ2) is 3.85. The molecule has 4 aliphatic carbocycles. The largest absolute Gasteiger partial charge is 0.423 e. The molecule has 4 bridgehead atoms. The summed E-state index contributed by atoms with van der Waals surface area (Å²) in [6.07, 6.45) is 7.94. The van der Waals surface area contributed by atoms with Gasteiger partial charge in [0.05, 0.1) is 6.54 Å². The number of rotatable bonds is 3. The predicted molar refractivity (Wildman–Crippen MR) is 76.1 cm³/mol. The molecule has 1 aromatic heterocycles. The van der Waals surface area contributed by atoms with Crippen molar-refractivity contribution in [3.63, 3.8) is 0 Å². The SMILES string of the molecule is CNCc1nnc(C23CC4CC(C)(CC(C)(C4)C2)C3)o1. The van der Waals surface area contributed by atoms with Gasteiger partial charge < -0.3 is 9.73 Å². The van der Waals surface area contributed by atoms with Gasteiger partial charge in [0.15, 0.2) is 0 Å². The van der Waals surface area contributed by atoms with Crippen LogP contribution < -0.4 is 5.32 Å². The van der Waals surface area contributed by atoms with Crippen molar-refractivity contribution in [1.29, 1.82) is 0 Å². The van der Waals surface area contributed by atoms with Crippen LogP contribution in [0.4, 0.5) is 0 Å². The van der Waals surface area contributed by atoms with Gasteiger partial charge in [-0.1, -0.05) is 13.8 Å². The number of hydrogen-bond acceptors (Lipinski definition) is 4. The molecular weight excluding hydrogens is 250 g/mol. The maximum Gasteiger partial charge on any atom is 0.230 e. The van der Waals surface area contributed by atoms with Gasteiger partial charge in [-0.2, -0.15) is 0 Å². The lowest BCUT2D eigenvalue weighted by molar-refractivity contribution is -0.117. The van der Waals surface area contributed by atoms with Crippen molar-refractivity contribution in [3.8, 4) is 0 Å². The van der Waals surface area contributed by atoms with Crippen molar-refractivity contribution in [2.24, 2.45) is 16.7 Å². The molecule has 4 saturated carbocycles. The van der Waals surface area contributed by atoms with Gasteiger partial charge in [-0.25, -0.2) is 0 Å². The summed E-state index contributed by atoms with van der Waals surface area (Å²) in [5.74, 6) is 2.51. The lowest BCUT2D eigenvalue weighted by Crippen LogP contribution is -2.57. The number of nitrogens with zero attached hydrogens (tertiary/aromatic N) is 2. The molecule has 0 amide bonds. The first kappa shape index (κ1) is 12.8. The minimum atomic E-state index is 0.169. The Morgan fingerprint density at radius 2 is 1.80 bits per heavy atom. The van der Waals surface area contributed by atoms with Crippen molar-refractivity contribution < 1.29 is 4.42 Å². The van der Waals surface area contributed by atoms with E-state index in [2.05, 4.69) is 29.4 Å². The summed E-state index contributed by atoms with van der Waals surface area (Å²) < 4.78 is 6.01. The highest BCUT2D eigenvalue weighted by atomic mass is 16.4. The molecule has 20 heavy (non-hydrogen) atoms. The van der Waals surface area contributed by atoms with Crippen LogP contribution in [0.1, 0.15) is 64.2 Å². The van der Waals surface area contributed by atoms with E-state index in [1.807, 2.05) is 7.05 Å². The molecule has 5 rings (SSSR count). The Morgan fingerprint density at radius 1 is 1.10 bits per heavy atom. The van der Waals surface area contributed by atoms with Gasteiger partial charge in [-0.3, -0.25) is 0 Å². The zero-order valence-electron chi connectivity index (χ0n) is 12.8. The van der Waals surface area contributed by atoms with Gasteiger partial charge in [0.1, 0.15) is 0 Å². The molecule has 2 atom stereocenters. The molecular formula is C16H25N3O. The first-order chi connectivity index (χ1) is 9.44. The van der Waals surface area contributed by atoms with Crippen molar-refractivity contribution >= 4 is 0 Å². The Morgan fingerprint density at radius 3 is 2.40 bits per heavy atom. The first-order valence-corrected chi connectivity index (χ1v) is 7.92. The molecule has 1 heterocycles. The molecule has 0 spiro atoms. The van der Waals surface area contributed by atoms with Crippen LogP contribution in [-0.2, 0) is 12.0 Å². The fraction of sp³-hybridized carbons (Fsp3) is 0.875. The first-order valence-electron chi connectivity index (χ1n) is 7.92. The highest BCUT2D eigenvalue weighted by molar-refractivity contribution is 5.20. The highest BCUT2D eigenvalue weighted by Crippen LogP contribution is 2.69. The molecule has 0 aromatic carbocycles. The van der Waals surface area contributed by atoms with Crippen LogP contribution in [-0.4, -0.2) is 17.2 Å². The Kier molecular flexibility index (Phi) is 2.46. The zero-order valence-corrected chi connectivity index (χ0v) is 12.8. The van der Waals surface area contributed by atoms with E-state index >= 15 is 0 Å². The molecule has 1 aromatic rings. The summed E-state index contributed by atoms with van der Waals surface area (Å²) >= 11 is 0. The molecule has 4 heteroatoms. The van der Waals surface area contributed by atoms with Crippen LogP contribution in [0.15, 0.2) is 4.42 Å². The van der Waals surface area contributed by atoms with E-state index in [9.17, 15) is 0 Å². The summed E-state index contributed by atoms with van der Waals surface area (Å²) in [4.78, 5) is 0. The van der Waals surface area contributed by atoms with Crippen LogP contribution in [0, 0.1) is 16.7 Å².